The lowest BCUT2D eigenvalue weighted by molar-refractivity contribution is -0.120. The Morgan fingerprint density at radius 1 is 1.18 bits per heavy atom. The standard InChI is InChI=1S/C20H25N3O4S/c1-27-15-4-2-13(10-16-19(25)22-20(26)28-16)14-3-5-17(24)23(18(14)15)11-12-6-8-21-9-7-12/h2,4,12,16,21H,3,5-11H2,1H3,(H,22,25,26). The number of amides is 3. The second-order valence-corrected chi connectivity index (χ2v) is 8.71. The molecule has 2 N–H and O–H groups in total. The molecule has 8 heteroatoms. The zero-order valence-electron chi connectivity index (χ0n) is 16.0. The molecular formula is C20H25N3O4S. The fourth-order valence-electron chi connectivity index (χ4n) is 4.32. The molecule has 0 saturated carbocycles. The number of fused-ring (bicyclic) bond motifs is 1. The summed E-state index contributed by atoms with van der Waals surface area (Å²) in [6.45, 7) is 2.67. The van der Waals surface area contributed by atoms with E-state index >= 15 is 0 Å². The topological polar surface area (TPSA) is 87.7 Å². The van der Waals surface area contributed by atoms with Gasteiger partial charge in [0.1, 0.15) is 5.75 Å². The van der Waals surface area contributed by atoms with E-state index in [9.17, 15) is 14.4 Å². The number of methoxy groups -OCH3 is 1. The summed E-state index contributed by atoms with van der Waals surface area (Å²) in [5, 5.41) is 5.01. The second-order valence-electron chi connectivity index (χ2n) is 7.54. The van der Waals surface area contributed by atoms with Gasteiger partial charge in [-0.2, -0.15) is 0 Å². The number of ether oxygens (including phenoxy) is 1. The first-order valence-corrected chi connectivity index (χ1v) is 10.7. The van der Waals surface area contributed by atoms with Crippen molar-refractivity contribution >= 4 is 34.5 Å². The third kappa shape index (κ3) is 3.75. The molecule has 1 aromatic carbocycles. The minimum atomic E-state index is -0.416. The van der Waals surface area contributed by atoms with Crippen molar-refractivity contribution in [2.24, 2.45) is 5.92 Å². The fraction of sp³-hybridized carbons (Fsp3) is 0.550. The highest BCUT2D eigenvalue weighted by Crippen LogP contribution is 2.41. The van der Waals surface area contributed by atoms with Gasteiger partial charge in [0.2, 0.25) is 11.8 Å². The quantitative estimate of drug-likeness (QED) is 0.780. The molecular weight excluding hydrogens is 378 g/mol. The molecule has 0 aromatic heterocycles. The van der Waals surface area contributed by atoms with Gasteiger partial charge in [-0.3, -0.25) is 19.7 Å². The third-order valence-electron chi connectivity index (χ3n) is 5.79. The number of imide groups is 1. The van der Waals surface area contributed by atoms with Crippen molar-refractivity contribution in [2.75, 3.05) is 31.6 Å². The van der Waals surface area contributed by atoms with Gasteiger partial charge in [-0.25, -0.2) is 0 Å². The lowest BCUT2D eigenvalue weighted by atomic mass is 9.90. The van der Waals surface area contributed by atoms with Crippen molar-refractivity contribution in [2.45, 2.75) is 37.4 Å². The number of anilines is 1. The molecule has 0 spiro atoms. The SMILES string of the molecule is COc1ccc(CC2SC(=O)NC2=O)c2c1N(CC1CCNCC1)C(=O)CC2. The van der Waals surface area contributed by atoms with Crippen LogP contribution in [0.15, 0.2) is 12.1 Å². The maximum absolute atomic E-state index is 12.8. The van der Waals surface area contributed by atoms with Crippen molar-refractivity contribution < 1.29 is 19.1 Å². The van der Waals surface area contributed by atoms with Crippen LogP contribution >= 0.6 is 11.8 Å². The van der Waals surface area contributed by atoms with E-state index in [-0.39, 0.29) is 17.1 Å². The maximum atomic E-state index is 12.8. The summed E-state index contributed by atoms with van der Waals surface area (Å²) < 4.78 is 5.60. The molecule has 3 amide bonds. The molecule has 0 aliphatic carbocycles. The van der Waals surface area contributed by atoms with E-state index in [1.165, 1.54) is 0 Å². The Morgan fingerprint density at radius 2 is 1.96 bits per heavy atom. The van der Waals surface area contributed by atoms with Crippen LogP contribution in [-0.4, -0.2) is 49.0 Å². The van der Waals surface area contributed by atoms with E-state index in [4.69, 9.17) is 4.74 Å². The zero-order valence-corrected chi connectivity index (χ0v) is 16.8. The molecule has 0 radical (unpaired) electrons. The first kappa shape index (κ1) is 19.3. The minimum absolute atomic E-state index is 0.129. The number of rotatable bonds is 5. The van der Waals surface area contributed by atoms with Gasteiger partial charge in [0.15, 0.2) is 0 Å². The predicted molar refractivity (Wildman–Crippen MR) is 108 cm³/mol. The predicted octanol–water partition coefficient (Wildman–Crippen LogP) is 1.87. The number of benzene rings is 1. The molecule has 3 aliphatic rings. The van der Waals surface area contributed by atoms with Crippen LogP contribution in [0, 0.1) is 5.92 Å². The minimum Gasteiger partial charge on any atom is -0.495 e. The van der Waals surface area contributed by atoms with E-state index in [0.717, 1.165) is 54.5 Å². The first-order chi connectivity index (χ1) is 13.6. The molecule has 3 heterocycles. The van der Waals surface area contributed by atoms with Gasteiger partial charge in [-0.1, -0.05) is 17.8 Å². The van der Waals surface area contributed by atoms with Crippen molar-refractivity contribution in [1.82, 2.24) is 10.6 Å². The smallest absolute Gasteiger partial charge is 0.286 e. The highest BCUT2D eigenvalue weighted by Gasteiger charge is 2.35. The van der Waals surface area contributed by atoms with Gasteiger partial charge in [-0.05, 0) is 61.9 Å². The van der Waals surface area contributed by atoms with Crippen LogP contribution in [0.25, 0.3) is 0 Å². The normalized spacial score (nSPS) is 23.0. The Balaban J connectivity index is 1.65. The van der Waals surface area contributed by atoms with E-state index in [1.54, 1.807) is 7.11 Å². The largest absolute Gasteiger partial charge is 0.495 e. The molecule has 4 rings (SSSR count). The number of nitrogens with zero attached hydrogens (tertiary/aromatic N) is 1. The van der Waals surface area contributed by atoms with E-state index in [1.807, 2.05) is 17.0 Å². The summed E-state index contributed by atoms with van der Waals surface area (Å²) in [7, 11) is 1.62. The summed E-state index contributed by atoms with van der Waals surface area (Å²) in [5.74, 6) is 1.06. The van der Waals surface area contributed by atoms with Crippen molar-refractivity contribution in [3.63, 3.8) is 0 Å². The van der Waals surface area contributed by atoms with Gasteiger partial charge in [0.05, 0.1) is 18.0 Å². The molecule has 150 valence electrons. The van der Waals surface area contributed by atoms with Crippen LogP contribution in [-0.2, 0) is 22.4 Å². The highest BCUT2D eigenvalue weighted by atomic mass is 32.2. The number of nitrogens with one attached hydrogen (secondary N) is 2. The Bertz CT molecular complexity index is 807. The number of carbonyl (C=O) groups excluding carboxylic acids is 3. The van der Waals surface area contributed by atoms with Crippen LogP contribution in [0.4, 0.5) is 10.5 Å². The zero-order chi connectivity index (χ0) is 19.7. The Kier molecular flexibility index (Phi) is 5.59. The van der Waals surface area contributed by atoms with Crippen LogP contribution in [0.2, 0.25) is 0 Å². The average Bonchev–Trinajstić information content (AvgIpc) is 3.01. The summed E-state index contributed by atoms with van der Waals surface area (Å²) >= 11 is 1.04. The van der Waals surface area contributed by atoms with Crippen LogP contribution in [0.1, 0.15) is 30.4 Å². The van der Waals surface area contributed by atoms with Gasteiger partial charge in [0.25, 0.3) is 5.24 Å². The number of piperidine rings is 1. The summed E-state index contributed by atoms with van der Waals surface area (Å²) in [5.41, 5.74) is 2.94. The molecule has 2 saturated heterocycles. The van der Waals surface area contributed by atoms with Gasteiger partial charge >= 0.3 is 0 Å². The summed E-state index contributed by atoms with van der Waals surface area (Å²) in [4.78, 5) is 38.2. The average molecular weight is 404 g/mol. The van der Waals surface area contributed by atoms with Crippen molar-refractivity contribution in [3.8, 4) is 5.75 Å². The Hall–Kier alpha value is -2.06. The summed E-state index contributed by atoms with van der Waals surface area (Å²) in [6.07, 6.45) is 3.69. The van der Waals surface area contributed by atoms with Gasteiger partial charge in [-0.15, -0.1) is 0 Å². The van der Waals surface area contributed by atoms with E-state index in [2.05, 4.69) is 10.6 Å². The highest BCUT2D eigenvalue weighted by molar-refractivity contribution is 8.15. The monoisotopic (exact) mass is 403 g/mol. The first-order valence-electron chi connectivity index (χ1n) is 9.78. The molecule has 7 nitrogen and oxygen atoms in total. The van der Waals surface area contributed by atoms with Crippen molar-refractivity contribution in [3.05, 3.63) is 23.3 Å². The molecule has 1 aromatic rings. The fourth-order valence-corrected chi connectivity index (χ4v) is 5.17. The number of thioether (sulfide) groups is 1. The van der Waals surface area contributed by atoms with E-state index in [0.29, 0.717) is 37.5 Å². The van der Waals surface area contributed by atoms with Crippen molar-refractivity contribution in [1.29, 1.82) is 0 Å². The maximum Gasteiger partial charge on any atom is 0.286 e. The van der Waals surface area contributed by atoms with Crippen LogP contribution < -0.4 is 20.3 Å². The van der Waals surface area contributed by atoms with Gasteiger partial charge in [0, 0.05) is 13.0 Å². The summed E-state index contributed by atoms with van der Waals surface area (Å²) in [6, 6.07) is 3.84. The van der Waals surface area contributed by atoms with E-state index < -0.39 is 5.25 Å². The molecule has 1 atom stereocenters. The second kappa shape index (κ2) is 8.13. The molecule has 3 aliphatic heterocycles. The van der Waals surface area contributed by atoms with Gasteiger partial charge < -0.3 is 15.0 Å². The molecule has 2 fully saturated rings. The molecule has 0 bridgehead atoms. The number of hydrogen-bond acceptors (Lipinski definition) is 6. The number of carbonyl (C=O) groups is 3. The Labute approximate surface area is 168 Å². The lowest BCUT2D eigenvalue weighted by Gasteiger charge is -2.36. The molecule has 1 unspecified atom stereocenters. The number of hydrogen-bond donors (Lipinski definition) is 2. The third-order valence-corrected chi connectivity index (χ3v) is 6.78. The molecule has 28 heavy (non-hydrogen) atoms. The Morgan fingerprint density at radius 3 is 2.64 bits per heavy atom. The van der Waals surface area contributed by atoms with Crippen LogP contribution in [0.3, 0.4) is 0 Å². The lowest BCUT2D eigenvalue weighted by Crippen LogP contribution is -2.42. The van der Waals surface area contributed by atoms with Crippen LogP contribution in [0.5, 0.6) is 5.75 Å².